The number of carbonyl (C=O) groups is 2. The number of nitrogens with zero attached hydrogens (tertiary/aromatic N) is 1. The average molecular weight is 608 g/mol. The first-order chi connectivity index (χ1) is 19.9. The van der Waals surface area contributed by atoms with E-state index in [0.717, 1.165) is 5.56 Å². The summed E-state index contributed by atoms with van der Waals surface area (Å²) in [6.45, 7) is 3.74. The Balaban J connectivity index is 1.87. The minimum absolute atomic E-state index is 0.00507. The van der Waals surface area contributed by atoms with Crippen molar-refractivity contribution in [3.05, 3.63) is 60.2 Å². The van der Waals surface area contributed by atoms with Crippen LogP contribution in [0.4, 0.5) is 4.79 Å². The van der Waals surface area contributed by atoms with Crippen LogP contribution in [0.15, 0.2) is 59.5 Å². The molecular formula is C29H41N3O9S. The van der Waals surface area contributed by atoms with Crippen LogP contribution in [0, 0.1) is 5.41 Å². The van der Waals surface area contributed by atoms with Crippen molar-refractivity contribution in [3.8, 4) is 5.75 Å². The van der Waals surface area contributed by atoms with E-state index in [0.29, 0.717) is 12.2 Å². The van der Waals surface area contributed by atoms with Crippen LogP contribution in [0.25, 0.3) is 0 Å². The van der Waals surface area contributed by atoms with Crippen molar-refractivity contribution in [1.82, 2.24) is 9.62 Å². The van der Waals surface area contributed by atoms with E-state index in [4.69, 9.17) is 24.7 Å². The zero-order chi connectivity index (χ0) is 30.8. The van der Waals surface area contributed by atoms with Gasteiger partial charge >= 0.3 is 6.09 Å². The third kappa shape index (κ3) is 10.2. The average Bonchev–Trinajstić information content (AvgIpc) is 2.96. The third-order valence-electron chi connectivity index (χ3n) is 6.85. The van der Waals surface area contributed by atoms with Crippen LogP contribution >= 0.6 is 0 Å². The Morgan fingerprint density at radius 1 is 1.12 bits per heavy atom. The number of ether oxygens (including phenoxy) is 4. The lowest BCUT2D eigenvalue weighted by Gasteiger charge is -2.35. The highest BCUT2D eigenvalue weighted by atomic mass is 32.2. The fraction of sp³-hybridized carbons (Fsp3) is 0.517. The van der Waals surface area contributed by atoms with E-state index in [-0.39, 0.29) is 50.8 Å². The minimum Gasteiger partial charge on any atom is -0.497 e. The van der Waals surface area contributed by atoms with Crippen molar-refractivity contribution >= 4 is 22.0 Å². The topological polar surface area (TPSA) is 167 Å². The first-order valence-electron chi connectivity index (χ1n) is 13.7. The molecule has 4 N–H and O–H groups in total. The summed E-state index contributed by atoms with van der Waals surface area (Å²) < 4.78 is 49.9. The molecule has 2 amide bonds. The molecule has 232 valence electrons. The van der Waals surface area contributed by atoms with Crippen LogP contribution in [0.3, 0.4) is 0 Å². The molecule has 2 atom stereocenters. The van der Waals surface area contributed by atoms with Crippen LogP contribution in [-0.4, -0.2) is 88.3 Å². The van der Waals surface area contributed by atoms with Crippen LogP contribution < -0.4 is 15.8 Å². The molecule has 0 aromatic heterocycles. The molecule has 1 fully saturated rings. The highest BCUT2D eigenvalue weighted by Gasteiger charge is 2.35. The summed E-state index contributed by atoms with van der Waals surface area (Å²) in [5.74, 6) is -0.00574. The zero-order valence-electron chi connectivity index (χ0n) is 24.2. The van der Waals surface area contributed by atoms with Gasteiger partial charge in [-0.15, -0.1) is 0 Å². The van der Waals surface area contributed by atoms with E-state index in [1.807, 2.05) is 44.2 Å². The second-order valence-electron chi connectivity index (χ2n) is 11.0. The Hall–Kier alpha value is -3.23. The van der Waals surface area contributed by atoms with Gasteiger partial charge in [0.25, 0.3) is 0 Å². The fourth-order valence-electron chi connectivity index (χ4n) is 4.52. The molecule has 0 unspecified atom stereocenters. The van der Waals surface area contributed by atoms with Gasteiger partial charge in [0.1, 0.15) is 12.5 Å². The molecule has 1 heterocycles. The van der Waals surface area contributed by atoms with E-state index in [9.17, 15) is 23.1 Å². The summed E-state index contributed by atoms with van der Waals surface area (Å²) in [6, 6.07) is 14.2. The first-order valence-corrected chi connectivity index (χ1v) is 15.1. The van der Waals surface area contributed by atoms with Gasteiger partial charge in [-0.2, -0.15) is 4.31 Å². The summed E-state index contributed by atoms with van der Waals surface area (Å²) in [5.41, 5.74) is 5.50. The molecule has 42 heavy (non-hydrogen) atoms. The second-order valence-corrected chi connectivity index (χ2v) is 12.9. The lowest BCUT2D eigenvalue weighted by molar-refractivity contribution is -0.151. The number of primary amides is 1. The van der Waals surface area contributed by atoms with E-state index in [1.54, 1.807) is 0 Å². The lowest BCUT2D eigenvalue weighted by atomic mass is 9.87. The molecule has 1 saturated heterocycles. The smallest absolute Gasteiger partial charge is 0.407 e. The van der Waals surface area contributed by atoms with Crippen molar-refractivity contribution in [2.24, 2.45) is 11.1 Å². The number of sulfonamides is 1. The number of hydrogen-bond donors (Lipinski definition) is 3. The Morgan fingerprint density at radius 3 is 2.36 bits per heavy atom. The molecule has 0 bridgehead atoms. The second kappa shape index (κ2) is 15.3. The third-order valence-corrected chi connectivity index (χ3v) is 8.68. The number of carbonyl (C=O) groups excluding carboxylic acids is 2. The molecular weight excluding hydrogens is 566 g/mol. The molecule has 13 heteroatoms. The number of hydrogen-bond acceptors (Lipinski definition) is 9. The standard InChI is InChI=1S/C29H41N3O9S/c1-29(2,14-13-27(30)34)19-32(42(36,37)24-11-9-22(38-3)10-12-24)16-26(33)25(15-21-7-5-4-6-8-21)31-28(35)41-23-17-39-20-40-18-23/h4-12,23,25-26,33H,13-20H2,1-3H3,(H2,30,34)(H,31,35)/t25-,26+/m0/s1. The highest BCUT2D eigenvalue weighted by molar-refractivity contribution is 7.89. The molecule has 0 saturated carbocycles. The van der Waals surface area contributed by atoms with Crippen molar-refractivity contribution in [2.45, 2.75) is 56.3 Å². The van der Waals surface area contributed by atoms with Crippen LogP contribution in [0.2, 0.25) is 0 Å². The Kier molecular flexibility index (Phi) is 12.1. The predicted octanol–water partition coefficient (Wildman–Crippen LogP) is 2.05. The van der Waals surface area contributed by atoms with Crippen molar-refractivity contribution in [3.63, 3.8) is 0 Å². The fourth-order valence-corrected chi connectivity index (χ4v) is 6.17. The number of nitrogens with two attached hydrogens (primary N) is 1. The number of rotatable bonds is 15. The number of alkyl carbamates (subject to hydrolysis) is 1. The Bertz CT molecular complexity index is 1250. The summed E-state index contributed by atoms with van der Waals surface area (Å²) in [5, 5.41) is 14.2. The van der Waals surface area contributed by atoms with Gasteiger partial charge in [-0.1, -0.05) is 44.2 Å². The SMILES string of the molecule is COc1ccc(S(=O)(=O)N(C[C@@H](O)[C@H](Cc2ccccc2)NC(=O)OC2COCOC2)CC(C)(C)CCC(N)=O)cc1. The lowest BCUT2D eigenvalue weighted by Crippen LogP contribution is -2.52. The largest absolute Gasteiger partial charge is 0.497 e. The maximum absolute atomic E-state index is 13.9. The molecule has 2 aromatic carbocycles. The van der Waals surface area contributed by atoms with Crippen LogP contribution in [0.5, 0.6) is 5.75 Å². The van der Waals surface area contributed by atoms with Crippen LogP contribution in [0.1, 0.15) is 32.3 Å². The molecule has 0 radical (unpaired) electrons. The molecule has 12 nitrogen and oxygen atoms in total. The summed E-state index contributed by atoms with van der Waals surface area (Å²) >= 11 is 0. The number of nitrogens with one attached hydrogen (secondary N) is 1. The number of aliphatic hydroxyl groups excluding tert-OH is 1. The predicted molar refractivity (Wildman–Crippen MR) is 154 cm³/mol. The normalized spacial score (nSPS) is 16.0. The van der Waals surface area contributed by atoms with Crippen molar-refractivity contribution in [1.29, 1.82) is 0 Å². The summed E-state index contributed by atoms with van der Waals surface area (Å²) in [4.78, 5) is 24.3. The minimum atomic E-state index is -4.13. The Morgan fingerprint density at radius 2 is 1.76 bits per heavy atom. The van der Waals surface area contributed by atoms with Gasteiger partial charge in [0.05, 0.1) is 37.4 Å². The van der Waals surface area contributed by atoms with Gasteiger partial charge in [-0.25, -0.2) is 13.2 Å². The summed E-state index contributed by atoms with van der Waals surface area (Å²) in [6.07, 6.45) is -2.14. The van der Waals surface area contributed by atoms with Crippen molar-refractivity contribution in [2.75, 3.05) is 40.2 Å². The van der Waals surface area contributed by atoms with E-state index in [1.165, 1.54) is 35.7 Å². The van der Waals surface area contributed by atoms with E-state index < -0.39 is 45.7 Å². The first kappa shape index (κ1) is 33.3. The molecule has 0 aliphatic carbocycles. The quantitative estimate of drug-likeness (QED) is 0.275. The Labute approximate surface area is 247 Å². The number of aliphatic hydroxyl groups is 1. The molecule has 3 rings (SSSR count). The maximum atomic E-state index is 13.9. The molecule has 2 aromatic rings. The monoisotopic (exact) mass is 607 g/mol. The number of amides is 2. The number of methoxy groups -OCH3 is 1. The zero-order valence-corrected chi connectivity index (χ0v) is 25.0. The van der Waals surface area contributed by atoms with E-state index in [2.05, 4.69) is 5.32 Å². The molecule has 1 aliphatic heterocycles. The molecule has 0 spiro atoms. The van der Waals surface area contributed by atoms with Crippen molar-refractivity contribution < 1.29 is 42.1 Å². The van der Waals surface area contributed by atoms with Gasteiger partial charge < -0.3 is 35.1 Å². The van der Waals surface area contributed by atoms with Gasteiger partial charge in [0, 0.05) is 19.5 Å². The van der Waals surface area contributed by atoms with Gasteiger partial charge in [0.2, 0.25) is 15.9 Å². The van der Waals surface area contributed by atoms with Gasteiger partial charge in [-0.05, 0) is 48.1 Å². The highest BCUT2D eigenvalue weighted by Crippen LogP contribution is 2.28. The van der Waals surface area contributed by atoms with Crippen LogP contribution in [-0.2, 0) is 35.4 Å². The van der Waals surface area contributed by atoms with E-state index >= 15 is 0 Å². The number of benzene rings is 2. The van der Waals surface area contributed by atoms with Gasteiger partial charge in [0.15, 0.2) is 6.10 Å². The maximum Gasteiger partial charge on any atom is 0.407 e. The van der Waals surface area contributed by atoms with Gasteiger partial charge in [-0.3, -0.25) is 4.79 Å². The molecule has 1 aliphatic rings. The summed E-state index contributed by atoms with van der Waals surface area (Å²) in [7, 11) is -2.65.